The molecule has 3 aromatic rings. The van der Waals surface area contributed by atoms with E-state index in [1.807, 2.05) is 18.7 Å². The van der Waals surface area contributed by atoms with Crippen molar-refractivity contribution in [3.63, 3.8) is 0 Å². The Kier molecular flexibility index (Phi) is 4.24. The van der Waals surface area contributed by atoms with Gasteiger partial charge in [-0.15, -0.1) is 0 Å². The van der Waals surface area contributed by atoms with Crippen molar-refractivity contribution >= 4 is 5.91 Å². The van der Waals surface area contributed by atoms with Crippen molar-refractivity contribution in [1.29, 1.82) is 0 Å². The molecule has 4 heterocycles. The van der Waals surface area contributed by atoms with Crippen LogP contribution >= 0.6 is 0 Å². The molecule has 3 aromatic heterocycles. The molecule has 0 spiro atoms. The zero-order chi connectivity index (χ0) is 18.1. The summed E-state index contributed by atoms with van der Waals surface area (Å²) < 4.78 is 7.02. The summed E-state index contributed by atoms with van der Waals surface area (Å²) in [6.07, 6.45) is 10.4. The van der Waals surface area contributed by atoms with E-state index in [0.717, 1.165) is 42.0 Å². The highest BCUT2D eigenvalue weighted by Gasteiger charge is 2.31. The van der Waals surface area contributed by atoms with E-state index in [0.29, 0.717) is 5.76 Å². The highest BCUT2D eigenvalue weighted by molar-refractivity contribution is 5.76. The summed E-state index contributed by atoms with van der Waals surface area (Å²) >= 11 is 0. The Balaban J connectivity index is 1.60. The summed E-state index contributed by atoms with van der Waals surface area (Å²) in [6.45, 7) is 4.76. The van der Waals surface area contributed by atoms with Gasteiger partial charge >= 0.3 is 0 Å². The fourth-order valence-corrected chi connectivity index (χ4v) is 3.51. The molecule has 1 aliphatic heterocycles. The molecule has 8 heteroatoms. The van der Waals surface area contributed by atoms with Gasteiger partial charge in [-0.1, -0.05) is 5.16 Å². The first-order valence-electron chi connectivity index (χ1n) is 8.64. The maximum atomic E-state index is 12.7. The van der Waals surface area contributed by atoms with Gasteiger partial charge in [0, 0.05) is 18.9 Å². The second-order valence-corrected chi connectivity index (χ2v) is 6.51. The van der Waals surface area contributed by atoms with E-state index in [4.69, 9.17) is 9.51 Å². The zero-order valence-electron chi connectivity index (χ0n) is 14.8. The number of nitrogens with zero attached hydrogens (tertiary/aromatic N) is 6. The van der Waals surface area contributed by atoms with Crippen LogP contribution in [-0.2, 0) is 11.3 Å². The Morgan fingerprint density at radius 3 is 2.92 bits per heavy atom. The van der Waals surface area contributed by atoms with Crippen molar-refractivity contribution in [2.75, 3.05) is 6.54 Å². The highest BCUT2D eigenvalue weighted by Crippen LogP contribution is 2.32. The first kappa shape index (κ1) is 16.4. The quantitative estimate of drug-likeness (QED) is 0.716. The lowest BCUT2D eigenvalue weighted by Crippen LogP contribution is -2.33. The van der Waals surface area contributed by atoms with Gasteiger partial charge in [-0.3, -0.25) is 9.78 Å². The molecule has 1 unspecified atom stereocenters. The van der Waals surface area contributed by atoms with Crippen LogP contribution < -0.4 is 0 Å². The molecule has 0 saturated carbocycles. The molecule has 0 bridgehead atoms. The molecule has 1 atom stereocenters. The zero-order valence-corrected chi connectivity index (χ0v) is 14.8. The fraction of sp³-hybridized carbons (Fsp3) is 0.389. The van der Waals surface area contributed by atoms with E-state index in [-0.39, 0.29) is 18.5 Å². The monoisotopic (exact) mass is 352 g/mol. The third-order valence-electron chi connectivity index (χ3n) is 4.73. The molecule has 8 nitrogen and oxygen atoms in total. The lowest BCUT2D eigenvalue weighted by Gasteiger charge is -2.24. The van der Waals surface area contributed by atoms with Crippen molar-refractivity contribution < 1.29 is 9.32 Å². The molecular formula is C18H20N6O2. The van der Waals surface area contributed by atoms with Crippen LogP contribution in [0.5, 0.6) is 0 Å². The van der Waals surface area contributed by atoms with E-state index >= 15 is 0 Å². The normalized spacial score (nSPS) is 17.0. The lowest BCUT2D eigenvalue weighted by molar-refractivity contribution is -0.132. The Morgan fingerprint density at radius 1 is 1.31 bits per heavy atom. The number of carbonyl (C=O) groups is 1. The van der Waals surface area contributed by atoms with Gasteiger partial charge in [-0.05, 0) is 26.7 Å². The Bertz CT molecular complexity index is 898. The van der Waals surface area contributed by atoms with Gasteiger partial charge in [0.15, 0.2) is 0 Å². The molecule has 134 valence electrons. The maximum absolute atomic E-state index is 12.7. The molecule has 1 amide bonds. The van der Waals surface area contributed by atoms with Gasteiger partial charge in [0.05, 0.1) is 47.4 Å². The molecule has 0 radical (unpaired) electrons. The predicted octanol–water partition coefficient (Wildman–Crippen LogP) is 2.31. The van der Waals surface area contributed by atoms with E-state index in [2.05, 4.69) is 15.1 Å². The van der Waals surface area contributed by atoms with Gasteiger partial charge in [0.25, 0.3) is 0 Å². The number of carbonyl (C=O) groups excluding carboxylic acids is 1. The van der Waals surface area contributed by atoms with Gasteiger partial charge in [-0.25, -0.2) is 9.97 Å². The standard InChI is InChI=1S/C18H20N6O2/c1-12-18(13(2)26-22-12)15-9-20-8-14(21-15)16-4-3-6-24(16)17(25)10-23-7-5-19-11-23/h5,7-9,11,16H,3-4,6,10H2,1-2H3. The van der Waals surface area contributed by atoms with Crippen molar-refractivity contribution in [3.05, 3.63) is 48.3 Å². The average Bonchev–Trinajstić information content (AvgIpc) is 3.37. The van der Waals surface area contributed by atoms with Crippen molar-refractivity contribution in [3.8, 4) is 11.3 Å². The first-order chi connectivity index (χ1) is 12.6. The second kappa shape index (κ2) is 6.70. The van der Waals surface area contributed by atoms with Crippen molar-refractivity contribution in [1.82, 2.24) is 29.6 Å². The maximum Gasteiger partial charge on any atom is 0.243 e. The van der Waals surface area contributed by atoms with Crippen LogP contribution in [-0.4, -0.2) is 42.0 Å². The summed E-state index contributed by atoms with van der Waals surface area (Å²) in [4.78, 5) is 27.7. The van der Waals surface area contributed by atoms with Gasteiger partial charge in [-0.2, -0.15) is 0 Å². The number of hydrogen-bond acceptors (Lipinski definition) is 6. The summed E-state index contributed by atoms with van der Waals surface area (Å²) in [5, 5.41) is 3.99. The van der Waals surface area contributed by atoms with Gasteiger partial charge in [0.1, 0.15) is 12.3 Å². The van der Waals surface area contributed by atoms with Crippen LogP contribution in [0.25, 0.3) is 11.3 Å². The van der Waals surface area contributed by atoms with Gasteiger partial charge in [0.2, 0.25) is 5.91 Å². The number of rotatable bonds is 4. The van der Waals surface area contributed by atoms with E-state index in [1.54, 1.807) is 35.7 Å². The molecular weight excluding hydrogens is 332 g/mol. The predicted molar refractivity (Wildman–Crippen MR) is 92.9 cm³/mol. The minimum Gasteiger partial charge on any atom is -0.361 e. The Hall–Kier alpha value is -3.03. The number of aromatic nitrogens is 5. The second-order valence-electron chi connectivity index (χ2n) is 6.51. The average molecular weight is 352 g/mol. The topological polar surface area (TPSA) is 89.9 Å². The third kappa shape index (κ3) is 2.98. The Morgan fingerprint density at radius 2 is 2.19 bits per heavy atom. The lowest BCUT2D eigenvalue weighted by atomic mass is 10.1. The SMILES string of the molecule is Cc1noc(C)c1-c1cncc(C2CCCN2C(=O)Cn2ccnc2)n1. The number of aryl methyl sites for hydroxylation is 2. The number of imidazole rings is 1. The highest BCUT2D eigenvalue weighted by atomic mass is 16.5. The molecule has 4 rings (SSSR count). The van der Waals surface area contributed by atoms with E-state index < -0.39 is 0 Å². The Labute approximate surface area is 150 Å². The minimum absolute atomic E-state index is 0.0565. The summed E-state index contributed by atoms with van der Waals surface area (Å²) in [5.41, 5.74) is 3.19. The van der Waals surface area contributed by atoms with Crippen molar-refractivity contribution in [2.24, 2.45) is 0 Å². The molecule has 0 aromatic carbocycles. The van der Waals surface area contributed by atoms with Crippen LogP contribution in [0.1, 0.15) is 36.0 Å². The fourth-order valence-electron chi connectivity index (χ4n) is 3.51. The summed E-state index contributed by atoms with van der Waals surface area (Å²) in [5.74, 6) is 0.781. The number of amides is 1. The molecule has 1 fully saturated rings. The number of hydrogen-bond donors (Lipinski definition) is 0. The molecule has 0 N–H and O–H groups in total. The molecule has 0 aliphatic carbocycles. The van der Waals surface area contributed by atoms with E-state index in [9.17, 15) is 4.79 Å². The number of likely N-dealkylation sites (tertiary alicyclic amines) is 1. The molecule has 26 heavy (non-hydrogen) atoms. The molecule has 1 saturated heterocycles. The first-order valence-corrected chi connectivity index (χ1v) is 8.64. The van der Waals surface area contributed by atoms with Crippen LogP contribution in [0.4, 0.5) is 0 Å². The van der Waals surface area contributed by atoms with Crippen LogP contribution in [0.2, 0.25) is 0 Å². The summed E-state index contributed by atoms with van der Waals surface area (Å²) in [6, 6.07) is -0.0565. The summed E-state index contributed by atoms with van der Waals surface area (Å²) in [7, 11) is 0. The minimum atomic E-state index is -0.0565. The largest absolute Gasteiger partial charge is 0.361 e. The van der Waals surface area contributed by atoms with Crippen molar-refractivity contribution in [2.45, 2.75) is 39.3 Å². The van der Waals surface area contributed by atoms with E-state index in [1.165, 1.54) is 0 Å². The van der Waals surface area contributed by atoms with Crippen LogP contribution in [0.15, 0.2) is 35.6 Å². The smallest absolute Gasteiger partial charge is 0.243 e. The van der Waals surface area contributed by atoms with Crippen LogP contribution in [0.3, 0.4) is 0 Å². The third-order valence-corrected chi connectivity index (χ3v) is 4.73. The van der Waals surface area contributed by atoms with Gasteiger partial charge < -0.3 is 14.0 Å². The molecule has 1 aliphatic rings. The van der Waals surface area contributed by atoms with Crippen LogP contribution in [0, 0.1) is 13.8 Å².